The molecule has 1 aliphatic carbocycles. The Hall–Kier alpha value is -3.13. The Balaban J connectivity index is 1.68. The molecule has 5 nitrogen and oxygen atoms in total. The summed E-state index contributed by atoms with van der Waals surface area (Å²) in [4.78, 5) is 24.9. The number of carbonyl (C=O) groups is 2. The monoisotopic (exact) mass is 389 g/mol. The second-order valence-corrected chi connectivity index (χ2v) is 7.58. The normalized spacial score (nSPS) is 15.2. The van der Waals surface area contributed by atoms with Crippen LogP contribution in [0.2, 0.25) is 0 Å². The molecule has 2 aromatic rings. The van der Waals surface area contributed by atoms with Crippen LogP contribution in [0.25, 0.3) is 11.1 Å². The van der Waals surface area contributed by atoms with Crippen molar-refractivity contribution in [2.24, 2.45) is 0 Å². The van der Waals surface area contributed by atoms with E-state index in [4.69, 9.17) is 0 Å². The summed E-state index contributed by atoms with van der Waals surface area (Å²) in [5.74, 6) is -0.180. The van der Waals surface area contributed by atoms with Crippen LogP contribution >= 0.6 is 0 Å². The highest BCUT2D eigenvalue weighted by Crippen LogP contribution is 2.29. The number of rotatable bonds is 6. The van der Waals surface area contributed by atoms with E-state index in [9.17, 15) is 14.9 Å². The molecule has 3 rings (SSSR count). The first kappa shape index (κ1) is 20.6. The minimum absolute atomic E-state index is 0.0810. The Morgan fingerprint density at radius 2 is 1.72 bits per heavy atom. The topological polar surface area (TPSA) is 82.0 Å². The Kier molecular flexibility index (Phi) is 6.66. The first-order chi connectivity index (χ1) is 14.1. The van der Waals surface area contributed by atoms with Gasteiger partial charge in [-0.1, -0.05) is 68.7 Å². The molecule has 1 aliphatic rings. The van der Waals surface area contributed by atoms with E-state index >= 15 is 0 Å². The van der Waals surface area contributed by atoms with Gasteiger partial charge >= 0.3 is 0 Å². The number of hydrogen-bond donors (Lipinski definition) is 2. The van der Waals surface area contributed by atoms with Gasteiger partial charge in [0, 0.05) is 13.0 Å². The van der Waals surface area contributed by atoms with Gasteiger partial charge in [-0.25, -0.2) is 0 Å². The van der Waals surface area contributed by atoms with E-state index in [1.807, 2.05) is 42.5 Å². The van der Waals surface area contributed by atoms with Crippen LogP contribution in [-0.4, -0.2) is 17.4 Å². The van der Waals surface area contributed by atoms with Crippen molar-refractivity contribution < 1.29 is 9.59 Å². The van der Waals surface area contributed by atoms with Crippen LogP contribution in [0.5, 0.6) is 0 Å². The van der Waals surface area contributed by atoms with E-state index in [2.05, 4.69) is 16.7 Å². The predicted octanol–water partition coefficient (Wildman–Crippen LogP) is 4.07. The van der Waals surface area contributed by atoms with E-state index in [-0.39, 0.29) is 11.8 Å². The molecule has 0 bridgehead atoms. The number of benzene rings is 2. The van der Waals surface area contributed by atoms with Gasteiger partial charge in [0.1, 0.15) is 5.54 Å². The quantitative estimate of drug-likeness (QED) is 0.781. The maximum Gasteiger partial charge on any atom is 0.246 e. The van der Waals surface area contributed by atoms with Crippen LogP contribution < -0.4 is 10.6 Å². The highest BCUT2D eigenvalue weighted by Gasteiger charge is 2.40. The zero-order valence-corrected chi connectivity index (χ0v) is 16.8. The first-order valence-electron chi connectivity index (χ1n) is 10.3. The number of hydrogen-bond acceptors (Lipinski definition) is 3. The van der Waals surface area contributed by atoms with Gasteiger partial charge in [0.05, 0.1) is 11.6 Å². The van der Waals surface area contributed by atoms with E-state index in [0.29, 0.717) is 31.4 Å². The minimum atomic E-state index is -0.781. The molecule has 2 amide bonds. The number of nitrogens with one attached hydrogen (secondary N) is 2. The highest BCUT2D eigenvalue weighted by molar-refractivity contribution is 5.91. The van der Waals surface area contributed by atoms with Crippen molar-refractivity contribution in [2.75, 3.05) is 0 Å². The fraction of sp³-hybridized carbons (Fsp3) is 0.375. The summed E-state index contributed by atoms with van der Waals surface area (Å²) < 4.78 is 0. The largest absolute Gasteiger partial charge is 0.350 e. The average molecular weight is 389 g/mol. The summed E-state index contributed by atoms with van der Waals surface area (Å²) in [5.41, 5.74) is 2.70. The van der Waals surface area contributed by atoms with Crippen LogP contribution in [-0.2, 0) is 16.1 Å². The van der Waals surface area contributed by atoms with Crippen molar-refractivity contribution >= 4 is 11.8 Å². The minimum Gasteiger partial charge on any atom is -0.350 e. The number of nitrogens with zero attached hydrogens (tertiary/aromatic N) is 1. The fourth-order valence-electron chi connectivity index (χ4n) is 3.91. The highest BCUT2D eigenvalue weighted by atomic mass is 16.2. The standard InChI is InChI=1S/C24H27N3O2/c1-2-22(28)27-24(14-6-3-7-15-24)23(29)26-17-18-10-12-19(13-11-18)21-9-5-4-8-20(21)16-25/h4-5,8-13H,2-3,6-7,14-15,17H2,1H3,(H,26,29)(H,27,28). The number of carbonyl (C=O) groups excluding carboxylic acids is 2. The SMILES string of the molecule is CCC(=O)NC1(C(=O)NCc2ccc(-c3ccccc3C#N)cc2)CCCCC1. The molecule has 5 heteroatoms. The molecule has 2 aromatic carbocycles. The molecular weight excluding hydrogens is 362 g/mol. The van der Waals surface area contributed by atoms with E-state index < -0.39 is 5.54 Å². The molecule has 150 valence electrons. The summed E-state index contributed by atoms with van der Waals surface area (Å²) in [6.45, 7) is 2.21. The van der Waals surface area contributed by atoms with Gasteiger partial charge in [0.15, 0.2) is 0 Å². The number of amides is 2. The molecule has 0 unspecified atom stereocenters. The molecule has 0 saturated heterocycles. The first-order valence-corrected chi connectivity index (χ1v) is 10.3. The van der Waals surface area contributed by atoms with Crippen LogP contribution in [0.1, 0.15) is 56.6 Å². The van der Waals surface area contributed by atoms with E-state index in [1.165, 1.54) is 0 Å². The Morgan fingerprint density at radius 3 is 2.38 bits per heavy atom. The lowest BCUT2D eigenvalue weighted by Gasteiger charge is -2.36. The molecule has 29 heavy (non-hydrogen) atoms. The smallest absolute Gasteiger partial charge is 0.246 e. The van der Waals surface area contributed by atoms with E-state index in [1.54, 1.807) is 13.0 Å². The molecule has 0 spiro atoms. The van der Waals surface area contributed by atoms with E-state index in [0.717, 1.165) is 36.0 Å². The molecule has 1 fully saturated rings. The van der Waals surface area contributed by atoms with Crippen LogP contribution in [0, 0.1) is 11.3 Å². The molecule has 0 atom stereocenters. The van der Waals surface area contributed by atoms with Gasteiger partial charge in [-0.15, -0.1) is 0 Å². The summed E-state index contributed by atoms with van der Waals surface area (Å²) in [7, 11) is 0. The molecule has 0 aliphatic heterocycles. The number of nitriles is 1. The van der Waals surface area contributed by atoms with Crippen molar-refractivity contribution in [3.05, 3.63) is 59.7 Å². The Labute approximate surface area is 172 Å². The predicted molar refractivity (Wildman–Crippen MR) is 113 cm³/mol. The molecule has 0 heterocycles. The molecule has 0 radical (unpaired) electrons. The zero-order valence-electron chi connectivity index (χ0n) is 16.8. The van der Waals surface area contributed by atoms with Gasteiger partial charge in [0.2, 0.25) is 11.8 Å². The van der Waals surface area contributed by atoms with Gasteiger partial charge in [-0.2, -0.15) is 5.26 Å². The summed E-state index contributed by atoms with van der Waals surface area (Å²) >= 11 is 0. The molecular formula is C24H27N3O2. The third kappa shape index (κ3) is 4.83. The molecule has 2 N–H and O–H groups in total. The second kappa shape index (κ2) is 9.38. The lowest BCUT2D eigenvalue weighted by molar-refractivity contribution is -0.135. The van der Waals surface area contributed by atoms with Crippen LogP contribution in [0.3, 0.4) is 0 Å². The van der Waals surface area contributed by atoms with Gasteiger partial charge in [-0.3, -0.25) is 9.59 Å². The van der Waals surface area contributed by atoms with Gasteiger partial charge in [0.25, 0.3) is 0 Å². The summed E-state index contributed by atoms with van der Waals surface area (Å²) in [6, 6.07) is 17.6. The average Bonchev–Trinajstić information content (AvgIpc) is 2.78. The van der Waals surface area contributed by atoms with Gasteiger partial charge in [-0.05, 0) is 35.6 Å². The Bertz CT molecular complexity index is 906. The second-order valence-electron chi connectivity index (χ2n) is 7.58. The summed E-state index contributed by atoms with van der Waals surface area (Å²) in [5, 5.41) is 15.3. The third-order valence-electron chi connectivity index (χ3n) is 5.61. The van der Waals surface area contributed by atoms with Crippen molar-refractivity contribution in [2.45, 2.75) is 57.5 Å². The van der Waals surface area contributed by atoms with Crippen molar-refractivity contribution in [3.8, 4) is 17.2 Å². The Morgan fingerprint density at radius 1 is 1.03 bits per heavy atom. The van der Waals surface area contributed by atoms with Crippen LogP contribution in [0.4, 0.5) is 0 Å². The zero-order chi connectivity index (χ0) is 20.7. The fourth-order valence-corrected chi connectivity index (χ4v) is 3.91. The molecule has 1 saturated carbocycles. The van der Waals surface area contributed by atoms with Gasteiger partial charge < -0.3 is 10.6 Å². The lowest BCUT2D eigenvalue weighted by Crippen LogP contribution is -2.59. The van der Waals surface area contributed by atoms with Crippen molar-refractivity contribution in [1.29, 1.82) is 5.26 Å². The van der Waals surface area contributed by atoms with Crippen molar-refractivity contribution in [3.63, 3.8) is 0 Å². The summed E-state index contributed by atoms with van der Waals surface area (Å²) in [6.07, 6.45) is 4.75. The maximum atomic E-state index is 13.0. The lowest BCUT2D eigenvalue weighted by atomic mass is 9.80. The van der Waals surface area contributed by atoms with Crippen molar-refractivity contribution in [1.82, 2.24) is 10.6 Å². The van der Waals surface area contributed by atoms with Crippen LogP contribution in [0.15, 0.2) is 48.5 Å². The third-order valence-corrected chi connectivity index (χ3v) is 5.61. The maximum absolute atomic E-state index is 13.0. The molecule has 0 aromatic heterocycles.